The summed E-state index contributed by atoms with van der Waals surface area (Å²) in [4.78, 5) is 11.5. The summed E-state index contributed by atoms with van der Waals surface area (Å²) in [5, 5.41) is 0. The van der Waals surface area contributed by atoms with Crippen LogP contribution in [0.1, 0.15) is 110 Å². The molecule has 0 fully saturated rings. The summed E-state index contributed by atoms with van der Waals surface area (Å²) in [5.74, 6) is 0.695. The lowest BCUT2D eigenvalue weighted by Gasteiger charge is -2.05. The average Bonchev–Trinajstić information content (AvgIpc) is 2.54. The lowest BCUT2D eigenvalue weighted by molar-refractivity contribution is -0.119. The molecule has 0 saturated carbocycles. The number of hydrogen-bond donors (Lipinski definition) is 0. The van der Waals surface area contributed by atoms with Crippen LogP contribution < -0.4 is 0 Å². The van der Waals surface area contributed by atoms with E-state index in [0.717, 1.165) is 32.1 Å². The Labute approximate surface area is 150 Å². The smallest absolute Gasteiger partial charge is 0.150 e. The summed E-state index contributed by atoms with van der Waals surface area (Å²) in [5.41, 5.74) is 0. The second-order valence-corrected chi connectivity index (χ2v) is 9.38. The van der Waals surface area contributed by atoms with Crippen molar-refractivity contribution in [3.8, 4) is 0 Å². The molecule has 24 heavy (non-hydrogen) atoms. The third-order valence-electron chi connectivity index (χ3n) is 4.53. The van der Waals surface area contributed by atoms with E-state index in [4.69, 9.17) is 0 Å². The Hall–Kier alpha value is -0.380. The Morgan fingerprint density at radius 1 is 0.583 bits per heavy atom. The molecule has 3 nitrogen and oxygen atoms in total. The largest absolute Gasteiger partial charge is 0.300 e. The third-order valence-corrected chi connectivity index (χ3v) is 6.35. The fraction of sp³-hybridized carbons (Fsp3) is 0.950. The van der Waals surface area contributed by atoms with E-state index < -0.39 is 9.84 Å². The van der Waals surface area contributed by atoms with Crippen LogP contribution in [-0.2, 0) is 14.6 Å². The number of Topliss-reactive ketones (excluding diaryl/α,β-unsaturated/α-hetero) is 1. The molecule has 0 radical (unpaired) electrons. The number of hydrogen-bond acceptors (Lipinski definition) is 3. The van der Waals surface area contributed by atoms with Crippen molar-refractivity contribution in [3.05, 3.63) is 0 Å². The first-order valence-electron chi connectivity index (χ1n) is 10.2. The normalized spacial score (nSPS) is 11.8. The van der Waals surface area contributed by atoms with Crippen LogP contribution in [0.15, 0.2) is 0 Å². The predicted octanol–water partition coefficient (Wildman–Crippen LogP) is 5.86. The van der Waals surface area contributed by atoms with Crippen LogP contribution in [0, 0.1) is 0 Å². The Balaban J connectivity index is 3.49. The van der Waals surface area contributed by atoms with Crippen LogP contribution in [0.3, 0.4) is 0 Å². The summed E-state index contributed by atoms with van der Waals surface area (Å²) in [6.45, 7) is 4.29. The second-order valence-electron chi connectivity index (χ2n) is 7.08. The maximum Gasteiger partial charge on any atom is 0.150 e. The van der Waals surface area contributed by atoms with Gasteiger partial charge in [-0.05, 0) is 19.3 Å². The zero-order valence-corrected chi connectivity index (χ0v) is 17.0. The highest BCUT2D eigenvalue weighted by atomic mass is 32.2. The molecule has 0 aliphatic rings. The number of sulfone groups is 1. The van der Waals surface area contributed by atoms with Crippen molar-refractivity contribution in [2.45, 2.75) is 110 Å². The summed E-state index contributed by atoms with van der Waals surface area (Å²) in [7, 11) is -2.96. The Morgan fingerprint density at radius 3 is 1.54 bits per heavy atom. The van der Waals surface area contributed by atoms with E-state index >= 15 is 0 Å². The molecule has 0 aliphatic carbocycles. The molecule has 0 spiro atoms. The molecule has 0 unspecified atom stereocenters. The summed E-state index contributed by atoms with van der Waals surface area (Å²) in [6.07, 6.45) is 15.6. The van der Waals surface area contributed by atoms with Gasteiger partial charge in [-0.15, -0.1) is 0 Å². The molecule has 0 saturated heterocycles. The summed E-state index contributed by atoms with van der Waals surface area (Å²) in [6, 6.07) is 0. The molecule has 0 aromatic heterocycles. The van der Waals surface area contributed by atoms with Crippen LogP contribution in [0.2, 0.25) is 0 Å². The predicted molar refractivity (Wildman–Crippen MR) is 104 cm³/mol. The van der Waals surface area contributed by atoms with E-state index in [1.165, 1.54) is 44.9 Å². The van der Waals surface area contributed by atoms with Gasteiger partial charge in [0.2, 0.25) is 0 Å². The number of ketones is 1. The maximum atomic E-state index is 12.0. The minimum atomic E-state index is -2.96. The van der Waals surface area contributed by atoms with Crippen molar-refractivity contribution in [1.29, 1.82) is 0 Å². The highest BCUT2D eigenvalue weighted by Crippen LogP contribution is 2.11. The van der Waals surface area contributed by atoms with Gasteiger partial charge in [0.15, 0.2) is 0 Å². The summed E-state index contributed by atoms with van der Waals surface area (Å²) < 4.78 is 23.9. The first-order chi connectivity index (χ1) is 11.5. The molecule has 0 aromatic carbocycles. The van der Waals surface area contributed by atoms with Crippen molar-refractivity contribution in [2.24, 2.45) is 0 Å². The molecular weight excluding hydrogens is 320 g/mol. The molecule has 144 valence electrons. The monoisotopic (exact) mass is 360 g/mol. The number of rotatable bonds is 18. The van der Waals surface area contributed by atoms with Crippen LogP contribution in [0.25, 0.3) is 0 Å². The van der Waals surface area contributed by atoms with Crippen molar-refractivity contribution < 1.29 is 13.2 Å². The number of carbonyl (C=O) groups excluding carboxylic acids is 1. The quantitative estimate of drug-likeness (QED) is 0.288. The molecule has 4 heteroatoms. The average molecular weight is 361 g/mol. The second kappa shape index (κ2) is 16.1. The molecule has 0 atom stereocenters. The van der Waals surface area contributed by atoms with Crippen molar-refractivity contribution in [3.63, 3.8) is 0 Å². The molecule has 0 N–H and O–H groups in total. The van der Waals surface area contributed by atoms with Gasteiger partial charge in [0.25, 0.3) is 0 Å². The fourth-order valence-corrected chi connectivity index (χ4v) is 4.33. The van der Waals surface area contributed by atoms with Crippen LogP contribution in [0.4, 0.5) is 0 Å². The van der Waals surface area contributed by atoms with E-state index in [0.29, 0.717) is 25.0 Å². The van der Waals surface area contributed by atoms with E-state index in [-0.39, 0.29) is 11.5 Å². The number of carbonyl (C=O) groups is 1. The molecule has 0 amide bonds. The first-order valence-corrected chi connectivity index (χ1v) is 12.1. The fourth-order valence-electron chi connectivity index (χ4n) is 2.90. The molecule has 0 aromatic rings. The van der Waals surface area contributed by atoms with Gasteiger partial charge in [-0.2, -0.15) is 0 Å². The maximum absolute atomic E-state index is 12.0. The zero-order chi connectivity index (χ0) is 18.1. The van der Waals surface area contributed by atoms with Gasteiger partial charge in [0.1, 0.15) is 15.6 Å². The third kappa shape index (κ3) is 16.5. The van der Waals surface area contributed by atoms with Gasteiger partial charge in [0, 0.05) is 12.8 Å². The van der Waals surface area contributed by atoms with Gasteiger partial charge in [0.05, 0.1) is 11.5 Å². The van der Waals surface area contributed by atoms with E-state index in [9.17, 15) is 13.2 Å². The standard InChI is InChI=1S/C20H40O3S/c1-3-5-7-8-9-10-11-12-13-14-18-24(22,23)19-15-17-20(21)16-6-4-2/h3-19H2,1-2H3. The molecule has 0 rings (SSSR count). The Morgan fingerprint density at radius 2 is 1.00 bits per heavy atom. The first kappa shape index (κ1) is 23.6. The van der Waals surface area contributed by atoms with E-state index in [1.54, 1.807) is 0 Å². The van der Waals surface area contributed by atoms with Crippen molar-refractivity contribution in [2.75, 3.05) is 11.5 Å². The van der Waals surface area contributed by atoms with Gasteiger partial charge < -0.3 is 0 Å². The van der Waals surface area contributed by atoms with Crippen molar-refractivity contribution in [1.82, 2.24) is 0 Å². The van der Waals surface area contributed by atoms with E-state index in [2.05, 4.69) is 13.8 Å². The lowest BCUT2D eigenvalue weighted by atomic mass is 10.1. The van der Waals surface area contributed by atoms with Crippen molar-refractivity contribution >= 4 is 15.6 Å². The van der Waals surface area contributed by atoms with Gasteiger partial charge in [-0.25, -0.2) is 8.42 Å². The molecule has 0 heterocycles. The highest BCUT2D eigenvalue weighted by Gasteiger charge is 2.11. The van der Waals surface area contributed by atoms with E-state index in [1.807, 2.05) is 0 Å². The lowest BCUT2D eigenvalue weighted by Crippen LogP contribution is -2.12. The SMILES string of the molecule is CCCCCCCCCCCCS(=O)(=O)CCCC(=O)CCCC. The molecule has 0 aliphatic heterocycles. The van der Waals surface area contributed by atoms with Gasteiger partial charge in [-0.1, -0.05) is 78.1 Å². The Kier molecular flexibility index (Phi) is 15.9. The molecule has 0 bridgehead atoms. The van der Waals surface area contributed by atoms with Gasteiger partial charge >= 0.3 is 0 Å². The van der Waals surface area contributed by atoms with Gasteiger partial charge in [-0.3, -0.25) is 4.79 Å². The minimum Gasteiger partial charge on any atom is -0.300 e. The zero-order valence-electron chi connectivity index (χ0n) is 16.2. The van der Waals surface area contributed by atoms with Crippen LogP contribution in [0.5, 0.6) is 0 Å². The van der Waals surface area contributed by atoms with Crippen LogP contribution in [-0.4, -0.2) is 25.7 Å². The number of unbranched alkanes of at least 4 members (excludes halogenated alkanes) is 10. The topological polar surface area (TPSA) is 51.2 Å². The highest BCUT2D eigenvalue weighted by molar-refractivity contribution is 7.91. The minimum absolute atomic E-state index is 0.183. The Bertz CT molecular complexity index is 388. The van der Waals surface area contributed by atoms with Crippen LogP contribution >= 0.6 is 0 Å². The molecular formula is C20H40O3S. The summed E-state index contributed by atoms with van der Waals surface area (Å²) >= 11 is 0.